The molecule has 4 rings (SSSR count). The standard InChI is InChI=1S/C27H33FN6O4S/c1-15-13-27(29-2,11-10-18(15)25(37)33(3)4)34(5)26(38)21-23(36)22(35)19(14-30-21)24-32-31-20(39-24)12-16-6-8-17(28)9-7-16/h6-9,14-15,18,29,36H,10-13H2,1-5H3,(H,30,35)/t15-,18-,27?/m0/s1. The molecule has 0 bridgehead atoms. The van der Waals surface area contributed by atoms with Crippen LogP contribution in [0.15, 0.2) is 35.3 Å². The van der Waals surface area contributed by atoms with Crippen molar-refractivity contribution < 1.29 is 19.1 Å². The van der Waals surface area contributed by atoms with Gasteiger partial charge in [0.1, 0.15) is 10.8 Å². The van der Waals surface area contributed by atoms with Gasteiger partial charge in [0.15, 0.2) is 16.5 Å². The number of nitrogens with zero attached hydrogens (tertiary/aromatic N) is 4. The predicted octanol–water partition coefficient (Wildman–Crippen LogP) is 2.84. The lowest BCUT2D eigenvalue weighted by molar-refractivity contribution is -0.137. The van der Waals surface area contributed by atoms with Crippen molar-refractivity contribution in [3.8, 4) is 16.3 Å². The second-order valence-electron chi connectivity index (χ2n) is 10.3. The molecule has 1 aromatic carbocycles. The topological polar surface area (TPSA) is 132 Å². The fraction of sp³-hybridized carbons (Fsp3) is 0.444. The first kappa shape index (κ1) is 28.4. The van der Waals surface area contributed by atoms with Crippen LogP contribution in [0.2, 0.25) is 0 Å². The molecule has 2 amide bonds. The average molecular weight is 557 g/mol. The maximum atomic E-state index is 13.5. The van der Waals surface area contributed by atoms with Crippen molar-refractivity contribution in [2.45, 2.75) is 38.3 Å². The van der Waals surface area contributed by atoms with Crippen molar-refractivity contribution in [3.05, 3.63) is 62.8 Å². The average Bonchev–Trinajstić information content (AvgIpc) is 3.38. The summed E-state index contributed by atoms with van der Waals surface area (Å²) < 4.78 is 13.2. The fourth-order valence-corrected chi connectivity index (χ4v) is 6.15. The number of nitrogens with one attached hydrogen (secondary N) is 2. The largest absolute Gasteiger partial charge is 0.503 e. The van der Waals surface area contributed by atoms with Gasteiger partial charge in [-0.2, -0.15) is 0 Å². The van der Waals surface area contributed by atoms with Gasteiger partial charge in [0, 0.05) is 39.7 Å². The molecule has 39 heavy (non-hydrogen) atoms. The monoisotopic (exact) mass is 556 g/mol. The fourth-order valence-electron chi connectivity index (χ4n) is 5.27. The minimum absolute atomic E-state index is 0.00730. The quantitative estimate of drug-likeness (QED) is 0.382. The highest BCUT2D eigenvalue weighted by molar-refractivity contribution is 7.14. The van der Waals surface area contributed by atoms with Gasteiger partial charge < -0.3 is 19.9 Å². The number of rotatable bonds is 7. The number of aromatic hydroxyl groups is 1. The number of carbonyl (C=O) groups excluding carboxylic acids is 2. The summed E-state index contributed by atoms with van der Waals surface area (Å²) in [4.78, 5) is 45.1. The van der Waals surface area contributed by atoms with Crippen LogP contribution >= 0.6 is 11.3 Å². The van der Waals surface area contributed by atoms with E-state index in [4.69, 9.17) is 0 Å². The normalized spacial score (nSPS) is 21.0. The van der Waals surface area contributed by atoms with E-state index in [2.05, 4.69) is 20.5 Å². The van der Waals surface area contributed by atoms with Crippen molar-refractivity contribution in [1.82, 2.24) is 30.3 Å². The third-order valence-electron chi connectivity index (χ3n) is 7.62. The van der Waals surface area contributed by atoms with Crippen molar-refractivity contribution >= 4 is 23.2 Å². The van der Waals surface area contributed by atoms with Gasteiger partial charge in [0.2, 0.25) is 11.3 Å². The van der Waals surface area contributed by atoms with Crippen molar-refractivity contribution in [2.24, 2.45) is 11.8 Å². The zero-order valence-corrected chi connectivity index (χ0v) is 23.4. The van der Waals surface area contributed by atoms with Crippen molar-refractivity contribution in [3.63, 3.8) is 0 Å². The maximum Gasteiger partial charge on any atom is 0.275 e. The SMILES string of the molecule is CNC1(N(C)C(=O)c2[nH]cc(-c3nnc(Cc4ccc(F)cc4)s3)c(=O)c2O)CC[C@H](C(=O)N(C)C)[C@@H](C)C1. The van der Waals surface area contributed by atoms with E-state index >= 15 is 0 Å². The Kier molecular flexibility index (Phi) is 8.17. The summed E-state index contributed by atoms with van der Waals surface area (Å²) in [6.07, 6.45) is 3.42. The highest BCUT2D eigenvalue weighted by Crippen LogP contribution is 2.39. The first-order chi connectivity index (χ1) is 18.5. The molecule has 10 nitrogen and oxygen atoms in total. The second-order valence-corrected chi connectivity index (χ2v) is 11.3. The molecule has 1 aliphatic carbocycles. The first-order valence-electron chi connectivity index (χ1n) is 12.7. The molecule has 0 aliphatic heterocycles. The van der Waals surface area contributed by atoms with Crippen LogP contribution in [0.3, 0.4) is 0 Å². The van der Waals surface area contributed by atoms with Gasteiger partial charge in [0.05, 0.1) is 11.2 Å². The number of aromatic amines is 1. The molecule has 12 heteroatoms. The summed E-state index contributed by atoms with van der Waals surface area (Å²) in [5, 5.41) is 23.1. The Morgan fingerprint density at radius 3 is 2.54 bits per heavy atom. The molecule has 1 saturated carbocycles. The maximum absolute atomic E-state index is 13.5. The van der Waals surface area contributed by atoms with Gasteiger partial charge in [0.25, 0.3) is 5.91 Å². The molecule has 2 aromatic heterocycles. The van der Waals surface area contributed by atoms with E-state index in [1.54, 1.807) is 45.2 Å². The molecule has 1 unspecified atom stereocenters. The summed E-state index contributed by atoms with van der Waals surface area (Å²) in [7, 11) is 6.86. The number of hydrogen-bond acceptors (Lipinski definition) is 8. The molecule has 0 radical (unpaired) electrons. The van der Waals surface area contributed by atoms with Crippen LogP contribution in [-0.4, -0.2) is 75.8 Å². The number of pyridine rings is 1. The van der Waals surface area contributed by atoms with Crippen LogP contribution in [0.25, 0.3) is 10.6 Å². The Morgan fingerprint density at radius 1 is 1.23 bits per heavy atom. The van der Waals surface area contributed by atoms with E-state index in [0.29, 0.717) is 35.7 Å². The van der Waals surface area contributed by atoms with Gasteiger partial charge in [-0.3, -0.25) is 19.7 Å². The second kappa shape index (κ2) is 11.2. The van der Waals surface area contributed by atoms with Gasteiger partial charge in [-0.25, -0.2) is 4.39 Å². The number of hydrogen-bond donors (Lipinski definition) is 3. The number of benzene rings is 1. The third-order valence-corrected chi connectivity index (χ3v) is 8.58. The smallest absolute Gasteiger partial charge is 0.275 e. The van der Waals surface area contributed by atoms with Crippen LogP contribution < -0.4 is 10.7 Å². The van der Waals surface area contributed by atoms with Crippen LogP contribution in [0, 0.1) is 17.7 Å². The minimum Gasteiger partial charge on any atom is -0.503 e. The molecule has 2 heterocycles. The molecule has 3 aromatic rings. The molecule has 0 saturated heterocycles. The Bertz CT molecular complexity index is 1420. The van der Waals surface area contributed by atoms with E-state index < -0.39 is 22.7 Å². The van der Waals surface area contributed by atoms with E-state index in [-0.39, 0.29) is 34.8 Å². The number of halogens is 1. The molecular weight excluding hydrogens is 523 g/mol. The summed E-state index contributed by atoms with van der Waals surface area (Å²) in [5.74, 6) is -1.65. The molecule has 3 N–H and O–H groups in total. The van der Waals surface area contributed by atoms with Crippen molar-refractivity contribution in [1.29, 1.82) is 0 Å². The molecular formula is C27H33FN6O4S. The van der Waals surface area contributed by atoms with E-state index in [1.807, 2.05) is 6.92 Å². The molecule has 1 aliphatic rings. The minimum atomic E-state index is -0.754. The van der Waals surface area contributed by atoms with Crippen LogP contribution in [0.4, 0.5) is 4.39 Å². The number of H-pyrrole nitrogens is 1. The lowest BCUT2D eigenvalue weighted by Crippen LogP contribution is -2.62. The highest BCUT2D eigenvalue weighted by Gasteiger charge is 2.45. The molecule has 208 valence electrons. The number of aromatic nitrogens is 3. The van der Waals surface area contributed by atoms with Crippen LogP contribution in [-0.2, 0) is 11.2 Å². The van der Waals surface area contributed by atoms with Crippen molar-refractivity contribution in [2.75, 3.05) is 28.2 Å². The lowest BCUT2D eigenvalue weighted by Gasteiger charge is -2.48. The van der Waals surface area contributed by atoms with E-state index in [0.717, 1.165) is 5.56 Å². The van der Waals surface area contributed by atoms with Crippen LogP contribution in [0.1, 0.15) is 47.2 Å². The molecule has 1 fully saturated rings. The zero-order chi connectivity index (χ0) is 28.5. The van der Waals surface area contributed by atoms with Gasteiger partial charge in [-0.05, 0) is 49.9 Å². The molecule has 0 spiro atoms. The Labute approximate surface area is 229 Å². The third kappa shape index (κ3) is 5.57. The summed E-state index contributed by atoms with van der Waals surface area (Å²) >= 11 is 1.18. The summed E-state index contributed by atoms with van der Waals surface area (Å²) in [5.41, 5.74) is -0.782. The van der Waals surface area contributed by atoms with E-state index in [9.17, 15) is 23.9 Å². The summed E-state index contributed by atoms with van der Waals surface area (Å²) in [6.45, 7) is 2.00. The number of carbonyl (C=O) groups is 2. The summed E-state index contributed by atoms with van der Waals surface area (Å²) in [6, 6.07) is 6.02. The highest BCUT2D eigenvalue weighted by atomic mass is 32.1. The Hall–Kier alpha value is -3.64. The van der Waals surface area contributed by atoms with Gasteiger partial charge in [-0.1, -0.05) is 30.4 Å². The van der Waals surface area contributed by atoms with E-state index in [1.165, 1.54) is 34.6 Å². The molecule has 3 atom stereocenters. The van der Waals surface area contributed by atoms with Gasteiger partial charge >= 0.3 is 0 Å². The zero-order valence-electron chi connectivity index (χ0n) is 22.6. The lowest BCUT2D eigenvalue weighted by atomic mass is 9.73. The predicted molar refractivity (Wildman–Crippen MR) is 146 cm³/mol. The number of amides is 2. The first-order valence-corrected chi connectivity index (χ1v) is 13.5. The Balaban J connectivity index is 1.54. The van der Waals surface area contributed by atoms with Crippen LogP contribution in [0.5, 0.6) is 5.75 Å². The van der Waals surface area contributed by atoms with Gasteiger partial charge in [-0.15, -0.1) is 10.2 Å². The Morgan fingerprint density at radius 2 is 1.92 bits per heavy atom.